The van der Waals surface area contributed by atoms with Crippen LogP contribution in [0.2, 0.25) is 0 Å². The van der Waals surface area contributed by atoms with Crippen molar-refractivity contribution in [1.29, 1.82) is 10.5 Å². The summed E-state index contributed by atoms with van der Waals surface area (Å²) in [6, 6.07) is 19.4. The number of hydrogen-bond acceptors (Lipinski definition) is 4. The number of nitrogens with zero attached hydrogens (tertiary/aromatic N) is 4. The van der Waals surface area contributed by atoms with E-state index >= 15 is 0 Å². The highest BCUT2D eigenvalue weighted by Gasteiger charge is 2.15. The third kappa shape index (κ3) is 3.70. The fourth-order valence-corrected chi connectivity index (χ4v) is 2.33. The first-order valence-electron chi connectivity index (χ1n) is 7.23. The molecule has 4 heteroatoms. The second kappa shape index (κ2) is 6.68. The van der Waals surface area contributed by atoms with Gasteiger partial charge in [-0.25, -0.2) is 0 Å². The van der Waals surface area contributed by atoms with Crippen molar-refractivity contribution in [1.82, 2.24) is 9.80 Å². The molecule has 0 saturated heterocycles. The van der Waals surface area contributed by atoms with E-state index in [4.69, 9.17) is 10.5 Å². The number of nitriles is 2. The van der Waals surface area contributed by atoms with E-state index in [0.717, 1.165) is 11.1 Å². The molecule has 1 aliphatic heterocycles. The van der Waals surface area contributed by atoms with E-state index in [1.165, 1.54) is 0 Å². The highest BCUT2D eigenvalue weighted by atomic mass is 15.3. The Bertz CT molecular complexity index is 709. The molecule has 2 radical (unpaired) electrons. The van der Waals surface area contributed by atoms with Gasteiger partial charge in [0.15, 0.2) is 0 Å². The molecule has 0 atom stereocenters. The molecule has 23 heavy (non-hydrogen) atoms. The normalized spacial score (nSPS) is 13.0. The van der Waals surface area contributed by atoms with E-state index < -0.39 is 0 Å². The van der Waals surface area contributed by atoms with Gasteiger partial charge in [-0.2, -0.15) is 10.5 Å². The van der Waals surface area contributed by atoms with Gasteiger partial charge in [-0.15, -0.1) is 0 Å². The Balaban J connectivity index is 1.55. The van der Waals surface area contributed by atoms with Crippen molar-refractivity contribution < 1.29 is 0 Å². The van der Waals surface area contributed by atoms with Crippen LogP contribution in [0.3, 0.4) is 0 Å². The summed E-state index contributed by atoms with van der Waals surface area (Å²) in [6.07, 6.45) is 3.95. The molecule has 0 saturated carbocycles. The first-order chi connectivity index (χ1) is 11.3. The van der Waals surface area contributed by atoms with E-state index in [1.807, 2.05) is 70.7 Å². The molecule has 1 aliphatic rings. The summed E-state index contributed by atoms with van der Waals surface area (Å²) < 4.78 is 0. The van der Waals surface area contributed by atoms with E-state index in [-0.39, 0.29) is 0 Å². The van der Waals surface area contributed by atoms with Crippen LogP contribution >= 0.6 is 0 Å². The SMILES string of the molecule is N#Cc1ccc(CN2[C]N(Cc3ccc(C#N)cc3)C=C2)cc1. The summed E-state index contributed by atoms with van der Waals surface area (Å²) in [4.78, 5) is 3.95. The number of rotatable bonds is 4. The molecule has 0 amide bonds. The molecule has 2 aromatic rings. The largest absolute Gasteiger partial charge is 0.342 e. The Labute approximate surface area is 136 Å². The van der Waals surface area contributed by atoms with E-state index in [1.54, 1.807) is 0 Å². The molecule has 2 aromatic carbocycles. The second-order valence-electron chi connectivity index (χ2n) is 5.27. The Morgan fingerprint density at radius 2 is 1.09 bits per heavy atom. The van der Waals surface area contributed by atoms with Gasteiger partial charge in [0.05, 0.1) is 23.3 Å². The molecule has 1 heterocycles. The maximum atomic E-state index is 8.81. The van der Waals surface area contributed by atoms with Gasteiger partial charge in [-0.3, -0.25) is 0 Å². The fourth-order valence-electron chi connectivity index (χ4n) is 2.33. The third-order valence-electron chi connectivity index (χ3n) is 3.56. The van der Waals surface area contributed by atoms with Crippen LogP contribution in [0.4, 0.5) is 0 Å². The zero-order valence-corrected chi connectivity index (χ0v) is 12.5. The summed E-state index contributed by atoms with van der Waals surface area (Å²) >= 11 is 0. The Hall–Kier alpha value is -3.24. The van der Waals surface area contributed by atoms with E-state index in [2.05, 4.69) is 18.8 Å². The first-order valence-corrected chi connectivity index (χ1v) is 7.23. The minimum absolute atomic E-state index is 0.668. The third-order valence-corrected chi connectivity index (χ3v) is 3.56. The molecule has 0 fully saturated rings. The van der Waals surface area contributed by atoms with Crippen molar-refractivity contribution in [3.8, 4) is 12.1 Å². The first kappa shape index (κ1) is 14.7. The van der Waals surface area contributed by atoms with Crippen molar-refractivity contribution in [3.63, 3.8) is 0 Å². The molecule has 110 valence electrons. The lowest BCUT2D eigenvalue weighted by Crippen LogP contribution is -2.18. The second-order valence-corrected chi connectivity index (χ2v) is 5.27. The average molecular weight is 298 g/mol. The summed E-state index contributed by atoms with van der Waals surface area (Å²) in [5.41, 5.74) is 3.59. The summed E-state index contributed by atoms with van der Waals surface area (Å²) in [7, 11) is 0. The van der Waals surface area contributed by atoms with Gasteiger partial charge < -0.3 is 9.80 Å². The monoisotopic (exact) mass is 298 g/mol. The van der Waals surface area contributed by atoms with Gasteiger partial charge in [0.2, 0.25) is 6.67 Å². The molecule has 0 N–H and O–H groups in total. The topological polar surface area (TPSA) is 54.1 Å². The highest BCUT2D eigenvalue weighted by Crippen LogP contribution is 2.18. The number of hydrogen-bond donors (Lipinski definition) is 0. The molecule has 0 aliphatic carbocycles. The van der Waals surface area contributed by atoms with Crippen LogP contribution in [-0.4, -0.2) is 9.80 Å². The van der Waals surface area contributed by atoms with Gasteiger partial charge in [0.25, 0.3) is 0 Å². The van der Waals surface area contributed by atoms with Gasteiger partial charge in [0.1, 0.15) is 0 Å². The summed E-state index contributed by atoms with van der Waals surface area (Å²) in [6.45, 7) is 4.70. The van der Waals surface area contributed by atoms with Crippen molar-refractivity contribution in [2.45, 2.75) is 13.1 Å². The van der Waals surface area contributed by atoms with Crippen LogP contribution in [0.5, 0.6) is 0 Å². The van der Waals surface area contributed by atoms with Crippen LogP contribution in [-0.2, 0) is 13.1 Å². The minimum atomic E-state index is 0.668. The van der Waals surface area contributed by atoms with Crippen molar-refractivity contribution in [2.75, 3.05) is 0 Å². The minimum Gasteiger partial charge on any atom is -0.342 e. The van der Waals surface area contributed by atoms with Crippen LogP contribution in [0.1, 0.15) is 22.3 Å². The predicted octanol–water partition coefficient (Wildman–Crippen LogP) is 3.22. The molecule has 3 rings (SSSR count). The standard InChI is InChI=1S/C19H14N4/c20-11-16-1-5-18(6-2-16)13-22-9-10-23(15-22)14-19-7-3-17(12-21)4-8-19/h1-10H,13-14H2. The fraction of sp³-hybridized carbons (Fsp3) is 0.105. The van der Waals surface area contributed by atoms with Crippen LogP contribution in [0, 0.1) is 29.3 Å². The van der Waals surface area contributed by atoms with Gasteiger partial charge in [0, 0.05) is 25.5 Å². The van der Waals surface area contributed by atoms with E-state index in [0.29, 0.717) is 24.2 Å². The smallest absolute Gasteiger partial charge is 0.208 e. The number of benzene rings is 2. The lowest BCUT2D eigenvalue weighted by atomic mass is 10.1. The molecule has 0 bridgehead atoms. The van der Waals surface area contributed by atoms with Crippen molar-refractivity contribution >= 4 is 0 Å². The van der Waals surface area contributed by atoms with Gasteiger partial charge in [-0.1, -0.05) is 24.3 Å². The van der Waals surface area contributed by atoms with E-state index in [9.17, 15) is 0 Å². The molecular formula is C19H14N4. The lowest BCUT2D eigenvalue weighted by molar-refractivity contribution is 0.334. The highest BCUT2D eigenvalue weighted by molar-refractivity contribution is 5.32. The maximum absolute atomic E-state index is 8.81. The van der Waals surface area contributed by atoms with Crippen molar-refractivity contribution in [2.24, 2.45) is 0 Å². The average Bonchev–Trinajstić information content (AvgIpc) is 3.03. The van der Waals surface area contributed by atoms with Gasteiger partial charge >= 0.3 is 0 Å². The van der Waals surface area contributed by atoms with Crippen LogP contribution in [0.15, 0.2) is 60.9 Å². The van der Waals surface area contributed by atoms with Crippen LogP contribution in [0.25, 0.3) is 0 Å². The zero-order chi connectivity index (χ0) is 16.1. The zero-order valence-electron chi connectivity index (χ0n) is 12.5. The van der Waals surface area contributed by atoms with Gasteiger partial charge in [-0.05, 0) is 35.4 Å². The Morgan fingerprint density at radius 3 is 1.43 bits per heavy atom. The quantitative estimate of drug-likeness (QED) is 0.869. The van der Waals surface area contributed by atoms with Crippen LogP contribution < -0.4 is 0 Å². The molecule has 0 spiro atoms. The molecule has 4 nitrogen and oxygen atoms in total. The maximum Gasteiger partial charge on any atom is 0.208 e. The molecule has 0 aromatic heterocycles. The Morgan fingerprint density at radius 1 is 0.696 bits per heavy atom. The molecule has 0 unspecified atom stereocenters. The Kier molecular flexibility index (Phi) is 4.27. The summed E-state index contributed by atoms with van der Waals surface area (Å²) in [5.74, 6) is 0. The summed E-state index contributed by atoms with van der Waals surface area (Å²) in [5, 5.41) is 17.6. The predicted molar refractivity (Wildman–Crippen MR) is 85.8 cm³/mol. The lowest BCUT2D eigenvalue weighted by Gasteiger charge is -2.19. The van der Waals surface area contributed by atoms with Crippen molar-refractivity contribution in [3.05, 3.63) is 89.9 Å². The molecular weight excluding hydrogens is 284 g/mol.